The number of amides is 1. The topological polar surface area (TPSA) is 110 Å². The number of hydrazone groups is 1. The first-order chi connectivity index (χ1) is 13.0. The molecule has 1 amide bonds. The van der Waals surface area contributed by atoms with Crippen molar-refractivity contribution >= 4 is 29.4 Å². The highest BCUT2D eigenvalue weighted by molar-refractivity contribution is 6.33. The minimum atomic E-state index is -0.505. The fraction of sp³-hybridized carbons (Fsp3) is 0.294. The van der Waals surface area contributed by atoms with Crippen molar-refractivity contribution in [2.24, 2.45) is 5.10 Å². The number of hydrogen-bond donors (Lipinski definition) is 1. The zero-order valence-electron chi connectivity index (χ0n) is 14.3. The van der Waals surface area contributed by atoms with Crippen LogP contribution in [0.1, 0.15) is 5.76 Å². The highest BCUT2D eigenvalue weighted by Gasteiger charge is 2.15. The monoisotopic (exact) mass is 392 g/mol. The zero-order chi connectivity index (χ0) is 19.2. The molecule has 1 aliphatic heterocycles. The molecule has 27 heavy (non-hydrogen) atoms. The van der Waals surface area contributed by atoms with Gasteiger partial charge in [-0.1, -0.05) is 11.6 Å². The fourth-order valence-electron chi connectivity index (χ4n) is 2.55. The van der Waals surface area contributed by atoms with Crippen LogP contribution in [-0.4, -0.2) is 54.8 Å². The van der Waals surface area contributed by atoms with Crippen LogP contribution in [0.15, 0.2) is 39.9 Å². The highest BCUT2D eigenvalue weighted by Crippen LogP contribution is 2.32. The maximum absolute atomic E-state index is 11.9. The lowest BCUT2D eigenvalue weighted by atomic mass is 10.1. The van der Waals surface area contributed by atoms with Crippen molar-refractivity contribution in [1.82, 2.24) is 10.3 Å². The van der Waals surface area contributed by atoms with E-state index in [-0.39, 0.29) is 18.1 Å². The molecule has 1 fully saturated rings. The van der Waals surface area contributed by atoms with Crippen LogP contribution in [0.5, 0.6) is 0 Å². The second-order valence-electron chi connectivity index (χ2n) is 5.80. The molecule has 2 aromatic rings. The van der Waals surface area contributed by atoms with Gasteiger partial charge in [-0.3, -0.25) is 19.8 Å². The fourth-order valence-corrected chi connectivity index (χ4v) is 2.76. The summed E-state index contributed by atoms with van der Waals surface area (Å²) in [6.45, 7) is 2.90. The number of non-ortho nitro benzene ring substituents is 1. The summed E-state index contributed by atoms with van der Waals surface area (Å²) in [7, 11) is 0. The predicted octanol–water partition coefficient (Wildman–Crippen LogP) is 2.29. The second-order valence-corrected chi connectivity index (χ2v) is 6.21. The SMILES string of the molecule is O=C(CN1CCOCC1)N/N=C\c1ccc(-c2cc([N+](=O)[O-])ccc2Cl)o1. The van der Waals surface area contributed by atoms with Crippen LogP contribution in [-0.2, 0) is 9.53 Å². The van der Waals surface area contributed by atoms with Crippen molar-refractivity contribution in [3.05, 3.63) is 51.2 Å². The summed E-state index contributed by atoms with van der Waals surface area (Å²) in [5.41, 5.74) is 2.75. The summed E-state index contributed by atoms with van der Waals surface area (Å²) in [5.74, 6) is 0.505. The van der Waals surface area contributed by atoms with E-state index in [1.165, 1.54) is 24.4 Å². The normalized spacial score (nSPS) is 15.1. The molecule has 0 aliphatic carbocycles. The zero-order valence-corrected chi connectivity index (χ0v) is 15.0. The summed E-state index contributed by atoms with van der Waals surface area (Å²) in [6, 6.07) is 7.36. The van der Waals surface area contributed by atoms with Crippen LogP contribution in [0.25, 0.3) is 11.3 Å². The number of furan rings is 1. The lowest BCUT2D eigenvalue weighted by Gasteiger charge is -2.25. The van der Waals surface area contributed by atoms with Gasteiger partial charge in [0, 0.05) is 30.8 Å². The third kappa shape index (κ3) is 5.13. The Bertz CT molecular complexity index is 861. The van der Waals surface area contributed by atoms with Crippen molar-refractivity contribution in [3.63, 3.8) is 0 Å². The Morgan fingerprint density at radius 1 is 1.33 bits per heavy atom. The number of hydrogen-bond acceptors (Lipinski definition) is 7. The molecule has 0 unspecified atom stereocenters. The molecule has 10 heteroatoms. The van der Waals surface area contributed by atoms with Crippen molar-refractivity contribution < 1.29 is 18.9 Å². The Balaban J connectivity index is 1.60. The summed E-state index contributed by atoms with van der Waals surface area (Å²) in [6.07, 6.45) is 1.35. The third-order valence-corrected chi connectivity index (χ3v) is 4.23. The van der Waals surface area contributed by atoms with Gasteiger partial charge >= 0.3 is 0 Å². The second kappa shape index (κ2) is 8.76. The Labute approximate surface area is 159 Å². The Morgan fingerprint density at radius 3 is 2.85 bits per heavy atom. The van der Waals surface area contributed by atoms with Crippen LogP contribution in [0.4, 0.5) is 5.69 Å². The van der Waals surface area contributed by atoms with Gasteiger partial charge in [-0.05, 0) is 18.2 Å². The van der Waals surface area contributed by atoms with E-state index in [1.807, 2.05) is 4.90 Å². The Kier molecular flexibility index (Phi) is 6.17. The van der Waals surface area contributed by atoms with Crippen molar-refractivity contribution in [1.29, 1.82) is 0 Å². The molecule has 1 aromatic carbocycles. The molecule has 1 saturated heterocycles. The number of halogens is 1. The van der Waals surface area contributed by atoms with Gasteiger partial charge in [0.1, 0.15) is 11.5 Å². The van der Waals surface area contributed by atoms with E-state index < -0.39 is 4.92 Å². The highest BCUT2D eigenvalue weighted by atomic mass is 35.5. The van der Waals surface area contributed by atoms with Gasteiger partial charge in [-0.25, -0.2) is 5.43 Å². The van der Waals surface area contributed by atoms with Crippen LogP contribution < -0.4 is 5.43 Å². The summed E-state index contributed by atoms with van der Waals surface area (Å²) in [4.78, 5) is 24.2. The average molecular weight is 393 g/mol. The van der Waals surface area contributed by atoms with Gasteiger partial charge in [-0.15, -0.1) is 0 Å². The molecular formula is C17H17ClN4O5. The molecule has 3 rings (SSSR count). The Morgan fingerprint density at radius 2 is 2.11 bits per heavy atom. The van der Waals surface area contributed by atoms with E-state index in [4.69, 9.17) is 20.8 Å². The molecule has 2 heterocycles. The smallest absolute Gasteiger partial charge is 0.270 e. The molecule has 0 spiro atoms. The number of nitro benzene ring substituents is 1. The number of nitrogens with zero attached hydrogens (tertiary/aromatic N) is 3. The number of nitrogens with one attached hydrogen (secondary N) is 1. The van der Waals surface area contributed by atoms with E-state index in [0.29, 0.717) is 48.4 Å². The number of carbonyl (C=O) groups excluding carboxylic acids is 1. The number of ether oxygens (including phenoxy) is 1. The van der Waals surface area contributed by atoms with Gasteiger partial charge in [-0.2, -0.15) is 5.10 Å². The number of nitro groups is 1. The van der Waals surface area contributed by atoms with Gasteiger partial charge < -0.3 is 9.15 Å². The molecule has 0 radical (unpaired) electrons. The molecule has 0 bridgehead atoms. The van der Waals surface area contributed by atoms with E-state index in [2.05, 4.69) is 10.5 Å². The first kappa shape index (κ1) is 19.0. The third-order valence-electron chi connectivity index (χ3n) is 3.90. The summed E-state index contributed by atoms with van der Waals surface area (Å²) < 4.78 is 10.8. The molecule has 1 aliphatic rings. The molecule has 142 valence electrons. The van der Waals surface area contributed by atoms with Crippen LogP contribution >= 0.6 is 11.6 Å². The van der Waals surface area contributed by atoms with Gasteiger partial charge in [0.05, 0.1) is 35.9 Å². The largest absolute Gasteiger partial charge is 0.455 e. The lowest BCUT2D eigenvalue weighted by molar-refractivity contribution is -0.384. The van der Waals surface area contributed by atoms with Crippen molar-refractivity contribution in [2.75, 3.05) is 32.8 Å². The number of rotatable bonds is 6. The lowest BCUT2D eigenvalue weighted by Crippen LogP contribution is -2.42. The van der Waals surface area contributed by atoms with Crippen LogP contribution in [0.2, 0.25) is 5.02 Å². The van der Waals surface area contributed by atoms with E-state index in [1.54, 1.807) is 12.1 Å². The first-order valence-electron chi connectivity index (χ1n) is 8.19. The molecule has 9 nitrogen and oxygen atoms in total. The van der Waals surface area contributed by atoms with Gasteiger partial charge in [0.2, 0.25) is 0 Å². The summed E-state index contributed by atoms with van der Waals surface area (Å²) in [5, 5.41) is 15.1. The first-order valence-corrected chi connectivity index (χ1v) is 8.57. The number of benzene rings is 1. The van der Waals surface area contributed by atoms with Crippen molar-refractivity contribution in [2.45, 2.75) is 0 Å². The maximum atomic E-state index is 11.9. The Hall–Kier alpha value is -2.75. The molecular weight excluding hydrogens is 376 g/mol. The van der Waals surface area contributed by atoms with Crippen LogP contribution in [0, 0.1) is 10.1 Å². The number of carbonyl (C=O) groups is 1. The molecule has 1 N–H and O–H groups in total. The average Bonchev–Trinajstić information content (AvgIpc) is 3.11. The van der Waals surface area contributed by atoms with Crippen molar-refractivity contribution in [3.8, 4) is 11.3 Å². The van der Waals surface area contributed by atoms with E-state index >= 15 is 0 Å². The predicted molar refractivity (Wildman–Crippen MR) is 98.8 cm³/mol. The maximum Gasteiger partial charge on any atom is 0.270 e. The molecule has 0 saturated carbocycles. The number of morpholine rings is 1. The molecule has 0 atom stereocenters. The summed E-state index contributed by atoms with van der Waals surface area (Å²) >= 11 is 6.10. The quantitative estimate of drug-likeness (QED) is 0.458. The minimum Gasteiger partial charge on any atom is -0.455 e. The van der Waals surface area contributed by atoms with Gasteiger partial charge in [0.15, 0.2) is 0 Å². The van der Waals surface area contributed by atoms with E-state index in [0.717, 1.165) is 0 Å². The van der Waals surface area contributed by atoms with Crippen LogP contribution in [0.3, 0.4) is 0 Å². The minimum absolute atomic E-state index is 0.0867. The van der Waals surface area contributed by atoms with E-state index in [9.17, 15) is 14.9 Å². The molecule has 1 aromatic heterocycles. The van der Waals surface area contributed by atoms with Gasteiger partial charge in [0.25, 0.3) is 11.6 Å². The standard InChI is InChI=1S/C17H17ClN4O5/c18-15-3-1-12(22(24)25)9-14(15)16-4-2-13(27-16)10-19-20-17(23)11-21-5-7-26-8-6-21/h1-4,9-10H,5-8,11H2,(H,20,23)/b19-10-.